The third-order valence-corrected chi connectivity index (χ3v) is 7.25. The highest BCUT2D eigenvalue weighted by molar-refractivity contribution is 6.31. The summed E-state index contributed by atoms with van der Waals surface area (Å²) in [5.41, 5.74) is -0.876. The zero-order valence-corrected chi connectivity index (χ0v) is 23.8. The monoisotopic (exact) mass is 553 g/mol. The lowest BCUT2D eigenvalue weighted by molar-refractivity contribution is -0.141. The molecule has 3 rings (SSSR count). The Morgan fingerprint density at radius 2 is 1.61 bits per heavy atom. The van der Waals surface area contributed by atoms with Gasteiger partial charge in [-0.15, -0.1) is 0 Å². The van der Waals surface area contributed by atoms with E-state index in [9.17, 15) is 22.8 Å². The number of ketones is 1. The first-order chi connectivity index (χ1) is 17.4. The Hall–Kier alpha value is -2.35. The number of hydrogen-bond acceptors (Lipinski definition) is 4. The van der Waals surface area contributed by atoms with Crippen LogP contribution in [-0.2, 0) is 15.8 Å². The summed E-state index contributed by atoms with van der Waals surface area (Å²) in [6.45, 7) is 12.0. The largest absolute Gasteiger partial charge is 0.433 e. The molecule has 1 aliphatic carbocycles. The van der Waals surface area contributed by atoms with Gasteiger partial charge in [0.2, 0.25) is 5.91 Å². The molecule has 5 nitrogen and oxygen atoms in total. The van der Waals surface area contributed by atoms with Gasteiger partial charge in [-0.1, -0.05) is 53.1 Å². The average Bonchev–Trinajstić information content (AvgIpc) is 2.76. The van der Waals surface area contributed by atoms with Crippen molar-refractivity contribution in [3.63, 3.8) is 0 Å². The number of nitrogens with one attached hydrogen (secondary N) is 2. The van der Waals surface area contributed by atoms with Crippen LogP contribution in [0.15, 0.2) is 24.3 Å². The molecule has 38 heavy (non-hydrogen) atoms. The van der Waals surface area contributed by atoms with Crippen molar-refractivity contribution >= 4 is 39.9 Å². The zero-order chi connectivity index (χ0) is 28.5. The van der Waals surface area contributed by atoms with Crippen LogP contribution < -0.4 is 10.6 Å². The third-order valence-electron chi connectivity index (χ3n) is 7.02. The number of carbonyl (C=O) groups excluding carboxylic acids is 2. The van der Waals surface area contributed by atoms with E-state index in [4.69, 9.17) is 11.6 Å². The lowest BCUT2D eigenvalue weighted by Gasteiger charge is -2.34. The first-order valence-corrected chi connectivity index (χ1v) is 13.6. The first-order valence-electron chi connectivity index (χ1n) is 13.2. The number of hydrogen-bond donors (Lipinski definition) is 2. The fraction of sp³-hybridized carbons (Fsp3) is 0.621. The van der Waals surface area contributed by atoms with Crippen LogP contribution in [0.4, 0.5) is 18.9 Å². The van der Waals surface area contributed by atoms with E-state index in [0.29, 0.717) is 48.2 Å². The molecule has 0 bridgehead atoms. The van der Waals surface area contributed by atoms with Gasteiger partial charge in [-0.2, -0.15) is 13.2 Å². The van der Waals surface area contributed by atoms with Crippen LogP contribution in [0.3, 0.4) is 0 Å². The van der Waals surface area contributed by atoms with E-state index in [1.807, 2.05) is 41.5 Å². The van der Waals surface area contributed by atoms with Gasteiger partial charge in [0.15, 0.2) is 0 Å². The van der Waals surface area contributed by atoms with E-state index in [1.54, 1.807) is 6.07 Å². The molecule has 1 aliphatic rings. The summed E-state index contributed by atoms with van der Waals surface area (Å²) in [4.78, 5) is 29.7. The molecule has 1 fully saturated rings. The van der Waals surface area contributed by atoms with E-state index in [0.717, 1.165) is 6.07 Å². The Labute approximate surface area is 228 Å². The molecular formula is C29H39ClF3N3O2. The number of carbonyl (C=O) groups is 2. The van der Waals surface area contributed by atoms with Gasteiger partial charge in [-0.05, 0) is 60.8 Å². The summed E-state index contributed by atoms with van der Waals surface area (Å²) < 4.78 is 40.4. The van der Waals surface area contributed by atoms with Crippen molar-refractivity contribution in [2.24, 2.45) is 16.7 Å². The number of alkyl halides is 3. The first kappa shape index (κ1) is 30.2. The summed E-state index contributed by atoms with van der Waals surface area (Å²) in [5, 5.41) is 7.38. The van der Waals surface area contributed by atoms with Gasteiger partial charge >= 0.3 is 6.18 Å². The van der Waals surface area contributed by atoms with Crippen molar-refractivity contribution in [3.05, 3.63) is 35.0 Å². The molecule has 1 amide bonds. The van der Waals surface area contributed by atoms with Crippen LogP contribution in [0.5, 0.6) is 0 Å². The van der Waals surface area contributed by atoms with Gasteiger partial charge in [-0.3, -0.25) is 9.59 Å². The summed E-state index contributed by atoms with van der Waals surface area (Å²) in [7, 11) is 0. The van der Waals surface area contributed by atoms with Crippen LogP contribution in [-0.4, -0.2) is 28.8 Å². The number of fused-ring (bicyclic) bond motifs is 1. The topological polar surface area (TPSA) is 71.1 Å². The average molecular weight is 554 g/mol. The molecule has 1 saturated carbocycles. The molecule has 0 radical (unpaired) electrons. The highest BCUT2D eigenvalue weighted by Crippen LogP contribution is 2.36. The Balaban J connectivity index is 1.66. The lowest BCUT2D eigenvalue weighted by Crippen LogP contribution is -2.46. The number of benzene rings is 1. The maximum absolute atomic E-state index is 13.5. The molecule has 0 unspecified atom stereocenters. The molecular weight excluding hydrogens is 515 g/mol. The van der Waals surface area contributed by atoms with Crippen molar-refractivity contribution in [2.75, 3.05) is 5.32 Å². The predicted octanol–water partition coefficient (Wildman–Crippen LogP) is 7.80. The van der Waals surface area contributed by atoms with Crippen LogP contribution in [0.1, 0.15) is 85.8 Å². The van der Waals surface area contributed by atoms with Crippen LogP contribution in [0.2, 0.25) is 5.02 Å². The van der Waals surface area contributed by atoms with E-state index in [-0.39, 0.29) is 46.5 Å². The minimum Gasteiger partial charge on any atom is -0.382 e. The fourth-order valence-electron chi connectivity index (χ4n) is 5.05. The van der Waals surface area contributed by atoms with Gasteiger partial charge in [0.1, 0.15) is 11.5 Å². The highest BCUT2D eigenvalue weighted by Gasteiger charge is 2.36. The Morgan fingerprint density at radius 3 is 2.16 bits per heavy atom. The predicted molar refractivity (Wildman–Crippen MR) is 146 cm³/mol. The Bertz CT molecular complexity index is 1160. The molecule has 9 heteroatoms. The fourth-order valence-corrected chi connectivity index (χ4v) is 5.22. The summed E-state index contributed by atoms with van der Waals surface area (Å²) in [6.07, 6.45) is -1.20. The van der Waals surface area contributed by atoms with Crippen molar-refractivity contribution in [1.29, 1.82) is 0 Å². The highest BCUT2D eigenvalue weighted by atomic mass is 35.5. The molecule has 0 aliphatic heterocycles. The molecule has 0 saturated heterocycles. The summed E-state index contributed by atoms with van der Waals surface area (Å²) >= 11 is 6.11. The standard InChI is InChI=1S/C29H39ClF3N3O2/c1-27(2,3)16-20(37)14-22(28(4,5)6)26(38)35-19-10-8-18(9-11-19)34-24-15-25(29(31,32)33)36-23-12-7-17(30)13-21(23)24/h7,12-13,15,18-19,22H,8-11,14,16H2,1-6H3,(H,34,36)(H,35,38)/t18?,19?,22-/m1/s1. The minimum absolute atomic E-state index is 0.0440. The van der Waals surface area contributed by atoms with E-state index in [2.05, 4.69) is 15.6 Å². The van der Waals surface area contributed by atoms with Gasteiger partial charge < -0.3 is 10.6 Å². The number of nitrogens with zero attached hydrogens (tertiary/aromatic N) is 1. The second-order valence-electron chi connectivity index (χ2n) is 12.8. The van der Waals surface area contributed by atoms with Gasteiger partial charge in [0.05, 0.1) is 5.52 Å². The van der Waals surface area contributed by atoms with Crippen LogP contribution in [0, 0.1) is 16.7 Å². The summed E-state index contributed by atoms with van der Waals surface area (Å²) in [5.74, 6) is -0.453. The Kier molecular flexibility index (Phi) is 9.06. The quantitative estimate of drug-likeness (QED) is 0.367. The minimum atomic E-state index is -4.57. The SMILES string of the molecule is CC(C)(C)CC(=O)C[C@H](C(=O)NC1CCC(Nc2cc(C(F)(F)F)nc3ccc(Cl)cc23)CC1)C(C)(C)C. The van der Waals surface area contributed by atoms with Crippen molar-refractivity contribution in [3.8, 4) is 0 Å². The third kappa shape index (κ3) is 8.32. The molecule has 2 aromatic rings. The summed E-state index contributed by atoms with van der Waals surface area (Å²) in [6, 6.07) is 5.57. The van der Waals surface area contributed by atoms with Crippen LogP contribution >= 0.6 is 11.6 Å². The van der Waals surface area contributed by atoms with Gasteiger partial charge in [-0.25, -0.2) is 4.98 Å². The number of pyridine rings is 1. The molecule has 210 valence electrons. The van der Waals surface area contributed by atoms with Crippen molar-refractivity contribution in [2.45, 2.75) is 98.3 Å². The molecule has 1 aromatic heterocycles. The maximum atomic E-state index is 13.5. The number of rotatable bonds is 7. The molecule has 0 spiro atoms. The van der Waals surface area contributed by atoms with Gasteiger partial charge in [0.25, 0.3) is 0 Å². The van der Waals surface area contributed by atoms with Gasteiger partial charge in [0, 0.05) is 46.9 Å². The van der Waals surface area contributed by atoms with E-state index < -0.39 is 17.8 Å². The van der Waals surface area contributed by atoms with E-state index >= 15 is 0 Å². The lowest BCUT2D eigenvalue weighted by atomic mass is 9.75. The zero-order valence-electron chi connectivity index (χ0n) is 23.1. The maximum Gasteiger partial charge on any atom is 0.433 e. The number of halogens is 4. The number of amides is 1. The number of aromatic nitrogens is 1. The molecule has 1 atom stereocenters. The number of anilines is 1. The number of Topliss-reactive ketones (excluding diaryl/α,β-unsaturated/α-hetero) is 1. The Morgan fingerprint density at radius 1 is 1.00 bits per heavy atom. The normalized spacial score (nSPS) is 19.7. The molecule has 1 heterocycles. The van der Waals surface area contributed by atoms with Crippen molar-refractivity contribution < 1.29 is 22.8 Å². The van der Waals surface area contributed by atoms with Crippen molar-refractivity contribution in [1.82, 2.24) is 10.3 Å². The second-order valence-corrected chi connectivity index (χ2v) is 13.3. The second kappa shape index (κ2) is 11.4. The van der Waals surface area contributed by atoms with Crippen LogP contribution in [0.25, 0.3) is 10.9 Å². The molecule has 2 N–H and O–H groups in total. The smallest absolute Gasteiger partial charge is 0.382 e. The molecule has 1 aromatic carbocycles. The van der Waals surface area contributed by atoms with E-state index in [1.165, 1.54) is 12.1 Å².